The number of nitrogens with zero attached hydrogens (tertiary/aromatic N) is 3. The van der Waals surface area contributed by atoms with Crippen LogP contribution in [0.1, 0.15) is 52.5 Å². The maximum absolute atomic E-state index is 13.1. The number of aryl methyl sites for hydroxylation is 1. The lowest BCUT2D eigenvalue weighted by atomic mass is 9.99. The van der Waals surface area contributed by atoms with E-state index in [4.69, 9.17) is 9.47 Å². The van der Waals surface area contributed by atoms with Gasteiger partial charge in [-0.3, -0.25) is 4.79 Å². The van der Waals surface area contributed by atoms with Crippen molar-refractivity contribution in [1.82, 2.24) is 14.5 Å². The molecule has 3 heterocycles. The first-order valence-corrected chi connectivity index (χ1v) is 13.8. The summed E-state index contributed by atoms with van der Waals surface area (Å²) in [6, 6.07) is 12.4. The van der Waals surface area contributed by atoms with Gasteiger partial charge in [-0.15, -0.1) is 10.2 Å². The second kappa shape index (κ2) is 9.92. The second-order valence-electron chi connectivity index (χ2n) is 8.54. The number of carbonyl (C=O) groups is 1. The van der Waals surface area contributed by atoms with Gasteiger partial charge in [-0.05, 0) is 49.1 Å². The Labute approximate surface area is 208 Å². The van der Waals surface area contributed by atoms with Gasteiger partial charge in [0.1, 0.15) is 5.01 Å². The molecule has 184 valence electrons. The first-order chi connectivity index (χ1) is 16.9. The highest BCUT2D eigenvalue weighted by molar-refractivity contribution is 7.89. The lowest BCUT2D eigenvalue weighted by molar-refractivity contribution is 0.102. The molecular weight excluding hydrogens is 488 g/mol. The molecule has 1 saturated heterocycles. The molecule has 0 radical (unpaired) electrons. The molecule has 9 nitrogen and oxygen atoms in total. The van der Waals surface area contributed by atoms with Crippen molar-refractivity contribution in [2.45, 2.75) is 43.4 Å². The van der Waals surface area contributed by atoms with Crippen LogP contribution in [0.3, 0.4) is 0 Å². The van der Waals surface area contributed by atoms with Crippen LogP contribution < -0.4 is 14.8 Å². The van der Waals surface area contributed by atoms with Gasteiger partial charge in [0.05, 0.1) is 4.90 Å². The summed E-state index contributed by atoms with van der Waals surface area (Å²) in [6.45, 7) is 3.07. The zero-order valence-corrected chi connectivity index (χ0v) is 20.9. The molecule has 35 heavy (non-hydrogen) atoms. The average molecular weight is 515 g/mol. The van der Waals surface area contributed by atoms with Crippen molar-refractivity contribution in [1.29, 1.82) is 0 Å². The summed E-state index contributed by atoms with van der Waals surface area (Å²) in [6.07, 6.45) is 3.22. The SMILES string of the molecule is CCCc1ccc(S(=O)(=O)N2CCC(c3nnc(C(=O)Nc4ccc5c(c4)OCO5)s3)CC2)cc1. The number of nitrogens with one attached hydrogen (secondary N) is 1. The molecule has 0 atom stereocenters. The molecule has 11 heteroatoms. The summed E-state index contributed by atoms with van der Waals surface area (Å²) >= 11 is 1.25. The number of anilines is 1. The number of rotatable bonds is 7. The molecule has 1 aromatic heterocycles. The summed E-state index contributed by atoms with van der Waals surface area (Å²) < 4.78 is 38.3. The number of piperidine rings is 1. The van der Waals surface area contributed by atoms with Crippen LogP contribution in [0.5, 0.6) is 11.5 Å². The monoisotopic (exact) mass is 514 g/mol. The quantitative estimate of drug-likeness (QED) is 0.507. The van der Waals surface area contributed by atoms with E-state index in [2.05, 4.69) is 22.4 Å². The smallest absolute Gasteiger partial charge is 0.286 e. The largest absolute Gasteiger partial charge is 0.454 e. The van der Waals surface area contributed by atoms with Crippen molar-refractivity contribution < 1.29 is 22.7 Å². The van der Waals surface area contributed by atoms with E-state index in [1.807, 2.05) is 12.1 Å². The second-order valence-corrected chi connectivity index (χ2v) is 11.5. The van der Waals surface area contributed by atoms with E-state index in [-0.39, 0.29) is 23.6 Å². The van der Waals surface area contributed by atoms with E-state index in [0.717, 1.165) is 23.4 Å². The van der Waals surface area contributed by atoms with Gasteiger partial charge in [-0.2, -0.15) is 4.31 Å². The van der Waals surface area contributed by atoms with Crippen molar-refractivity contribution >= 4 is 33.0 Å². The van der Waals surface area contributed by atoms with Crippen LogP contribution in [-0.2, 0) is 16.4 Å². The van der Waals surface area contributed by atoms with Crippen LogP contribution in [0, 0.1) is 0 Å². The summed E-state index contributed by atoms with van der Waals surface area (Å²) in [5.41, 5.74) is 1.72. The number of hydrogen-bond donors (Lipinski definition) is 1. The molecule has 5 rings (SSSR count). The predicted molar refractivity (Wildman–Crippen MR) is 132 cm³/mol. The van der Waals surface area contributed by atoms with Crippen LogP contribution >= 0.6 is 11.3 Å². The molecule has 1 amide bonds. The number of amides is 1. The lowest BCUT2D eigenvalue weighted by Crippen LogP contribution is -2.37. The van der Waals surface area contributed by atoms with Gasteiger partial charge in [0, 0.05) is 30.8 Å². The average Bonchev–Trinajstić information content (AvgIpc) is 3.54. The van der Waals surface area contributed by atoms with Gasteiger partial charge in [-0.25, -0.2) is 8.42 Å². The van der Waals surface area contributed by atoms with E-state index in [1.165, 1.54) is 15.6 Å². The summed E-state index contributed by atoms with van der Waals surface area (Å²) in [4.78, 5) is 13.0. The molecule has 3 aromatic rings. The number of benzene rings is 2. The Morgan fingerprint density at radius 3 is 2.57 bits per heavy atom. The minimum absolute atomic E-state index is 0.0676. The Morgan fingerprint density at radius 2 is 1.83 bits per heavy atom. The van der Waals surface area contributed by atoms with E-state index in [1.54, 1.807) is 30.3 Å². The minimum Gasteiger partial charge on any atom is -0.454 e. The predicted octanol–water partition coefficient (Wildman–Crippen LogP) is 4.04. The maximum atomic E-state index is 13.1. The number of ether oxygens (including phenoxy) is 2. The van der Waals surface area contributed by atoms with Gasteiger partial charge >= 0.3 is 0 Å². The molecule has 1 N–H and O–H groups in total. The van der Waals surface area contributed by atoms with Crippen LogP contribution in [0.15, 0.2) is 47.4 Å². The Bertz CT molecular complexity index is 1320. The number of sulfonamides is 1. The molecule has 2 aliphatic rings. The first-order valence-electron chi connectivity index (χ1n) is 11.6. The number of hydrogen-bond acceptors (Lipinski definition) is 8. The van der Waals surface area contributed by atoms with E-state index in [0.29, 0.717) is 48.0 Å². The van der Waals surface area contributed by atoms with Crippen LogP contribution in [-0.4, -0.2) is 48.7 Å². The number of carbonyl (C=O) groups excluding carboxylic acids is 1. The van der Waals surface area contributed by atoms with Crippen molar-refractivity contribution in [3.05, 3.63) is 58.0 Å². The highest BCUT2D eigenvalue weighted by Gasteiger charge is 2.31. The van der Waals surface area contributed by atoms with E-state index >= 15 is 0 Å². The third-order valence-electron chi connectivity index (χ3n) is 6.17. The molecule has 2 aromatic carbocycles. The van der Waals surface area contributed by atoms with Crippen LogP contribution in [0.25, 0.3) is 0 Å². The van der Waals surface area contributed by atoms with Gasteiger partial charge in [0.2, 0.25) is 21.8 Å². The summed E-state index contributed by atoms with van der Waals surface area (Å²) in [5.74, 6) is 0.944. The van der Waals surface area contributed by atoms with Gasteiger partial charge < -0.3 is 14.8 Å². The first kappa shape index (κ1) is 23.7. The maximum Gasteiger partial charge on any atom is 0.286 e. The normalized spacial score (nSPS) is 16.4. The molecule has 0 aliphatic carbocycles. The third-order valence-corrected chi connectivity index (χ3v) is 9.17. The molecular formula is C24H26N4O5S2. The van der Waals surface area contributed by atoms with Gasteiger partial charge in [0.25, 0.3) is 5.91 Å². The van der Waals surface area contributed by atoms with E-state index < -0.39 is 10.0 Å². The zero-order valence-electron chi connectivity index (χ0n) is 19.3. The Morgan fingerprint density at radius 1 is 1.09 bits per heavy atom. The minimum atomic E-state index is -3.53. The zero-order chi connectivity index (χ0) is 24.4. The molecule has 0 saturated carbocycles. The molecule has 0 bridgehead atoms. The molecule has 0 spiro atoms. The fourth-order valence-electron chi connectivity index (χ4n) is 4.26. The highest BCUT2D eigenvalue weighted by Crippen LogP contribution is 2.35. The van der Waals surface area contributed by atoms with Gasteiger partial charge in [-0.1, -0.05) is 36.8 Å². The Kier molecular flexibility index (Phi) is 6.72. The molecule has 2 aliphatic heterocycles. The van der Waals surface area contributed by atoms with Crippen molar-refractivity contribution in [3.8, 4) is 11.5 Å². The topological polar surface area (TPSA) is 111 Å². The third kappa shape index (κ3) is 5.02. The summed E-state index contributed by atoms with van der Waals surface area (Å²) in [7, 11) is -3.53. The summed E-state index contributed by atoms with van der Waals surface area (Å²) in [5, 5.41) is 12.1. The van der Waals surface area contributed by atoms with Crippen LogP contribution in [0.2, 0.25) is 0 Å². The van der Waals surface area contributed by atoms with Crippen molar-refractivity contribution in [2.24, 2.45) is 0 Å². The van der Waals surface area contributed by atoms with Crippen molar-refractivity contribution in [2.75, 3.05) is 25.2 Å². The Hall–Kier alpha value is -3.02. The molecule has 1 fully saturated rings. The molecule has 0 unspecified atom stereocenters. The number of aromatic nitrogens is 2. The van der Waals surface area contributed by atoms with Crippen molar-refractivity contribution in [3.63, 3.8) is 0 Å². The Balaban J connectivity index is 1.19. The lowest BCUT2D eigenvalue weighted by Gasteiger charge is -2.30. The van der Waals surface area contributed by atoms with Crippen LogP contribution in [0.4, 0.5) is 5.69 Å². The standard InChI is InChI=1S/C24H26N4O5S2/c1-2-3-16-4-7-19(8-5-16)35(30,31)28-12-10-17(11-13-28)23-26-27-24(34-23)22(29)25-18-6-9-20-21(14-18)33-15-32-20/h4-9,14,17H,2-3,10-13,15H2,1H3,(H,25,29). The fraction of sp³-hybridized carbons (Fsp3) is 0.375. The number of fused-ring (bicyclic) bond motifs is 1. The van der Waals surface area contributed by atoms with E-state index in [9.17, 15) is 13.2 Å². The highest BCUT2D eigenvalue weighted by atomic mass is 32.2. The van der Waals surface area contributed by atoms with Gasteiger partial charge in [0.15, 0.2) is 11.5 Å². The fourth-order valence-corrected chi connectivity index (χ4v) is 6.64.